The van der Waals surface area contributed by atoms with Crippen LogP contribution in [0, 0.1) is 10.1 Å². The number of fused-ring (bicyclic) bond motifs is 1. The molecule has 0 bridgehead atoms. The first-order valence-corrected chi connectivity index (χ1v) is 4.93. The number of rotatable bonds is 1. The number of non-ortho nitro benzene ring substituents is 1. The zero-order valence-corrected chi connectivity index (χ0v) is 11.5. The van der Waals surface area contributed by atoms with E-state index in [-0.39, 0.29) is 33.7 Å². The molecule has 0 atom stereocenters. The van der Waals surface area contributed by atoms with Gasteiger partial charge in [0, 0.05) is 6.07 Å². The predicted octanol–water partition coefficient (Wildman–Crippen LogP) is -1.07. The van der Waals surface area contributed by atoms with E-state index in [2.05, 4.69) is 0 Å². The van der Waals surface area contributed by atoms with Gasteiger partial charge in [-0.05, 0) is 6.07 Å². The van der Waals surface area contributed by atoms with Crippen molar-refractivity contribution < 1.29 is 39.6 Å². The van der Waals surface area contributed by atoms with Crippen LogP contribution in [0.25, 0.3) is 11.0 Å². The number of nitro benzene ring substituents is 1. The highest BCUT2D eigenvalue weighted by Crippen LogP contribution is 2.30. The van der Waals surface area contributed by atoms with Gasteiger partial charge in [-0.3, -0.25) is 10.1 Å². The summed E-state index contributed by atoms with van der Waals surface area (Å²) < 4.78 is 40.4. The summed E-state index contributed by atoms with van der Waals surface area (Å²) >= 11 is 0. The Labute approximate surface area is 116 Å². The molecule has 2 rings (SSSR count). The summed E-state index contributed by atoms with van der Waals surface area (Å²) in [6.45, 7) is 0. The summed E-state index contributed by atoms with van der Waals surface area (Å²) in [5.74, 6) is -0.863. The van der Waals surface area contributed by atoms with E-state index in [9.17, 15) is 23.3 Å². The topological polar surface area (TPSA) is 52.0 Å². The zero-order valence-electron chi connectivity index (χ0n) is 9.90. The summed E-state index contributed by atoms with van der Waals surface area (Å²) in [5, 5.41) is 10.6. The molecule has 0 aliphatic rings. The third-order valence-electron chi connectivity index (χ3n) is 2.78. The fraction of sp³-hybridized carbons (Fsp3) is 0.300. The van der Waals surface area contributed by atoms with E-state index >= 15 is 0 Å². The molecule has 9 heteroatoms. The maximum absolute atomic E-state index is 12.8. The summed E-state index contributed by atoms with van der Waals surface area (Å²) in [5.41, 5.74) is 0.215. The van der Waals surface area contributed by atoms with Gasteiger partial charge >= 0.3 is 12.0 Å². The van der Waals surface area contributed by atoms with E-state index in [4.69, 9.17) is 0 Å². The molecule has 19 heavy (non-hydrogen) atoms. The molecule has 0 aliphatic heterocycles. The summed E-state index contributed by atoms with van der Waals surface area (Å²) in [6, 6.07) is 3.62. The van der Waals surface area contributed by atoms with Gasteiger partial charge in [0.05, 0.1) is 25.1 Å². The smallest absolute Gasteiger partial charge is 0.495 e. The first-order valence-electron chi connectivity index (χ1n) is 4.93. The number of nitro groups is 1. The Hall–Kier alpha value is -1.64. The number of alkyl halides is 3. The quantitative estimate of drug-likeness (QED) is 0.377. The number of imidazole rings is 1. The fourth-order valence-corrected chi connectivity index (χ4v) is 2.01. The number of aromatic nitrogens is 2. The molecule has 0 amide bonds. The lowest BCUT2D eigenvalue weighted by Crippen LogP contribution is -3.00. The van der Waals surface area contributed by atoms with Gasteiger partial charge < -0.3 is 17.0 Å². The van der Waals surface area contributed by atoms with Crippen LogP contribution < -0.4 is 21.5 Å². The van der Waals surface area contributed by atoms with E-state index in [0.717, 1.165) is 15.2 Å². The van der Waals surface area contributed by atoms with Crippen LogP contribution in [-0.4, -0.2) is 9.49 Å². The third kappa shape index (κ3) is 2.42. The maximum Gasteiger partial charge on any atom is 0.495 e. The third-order valence-corrected chi connectivity index (χ3v) is 2.78. The Bertz CT molecular complexity index is 651. The monoisotopic (exact) mass is 339 g/mol. The lowest BCUT2D eigenvalue weighted by molar-refractivity contribution is -0.667. The number of nitrogens with zero attached hydrogens (tertiary/aromatic N) is 3. The molecular weight excluding hydrogens is 331 g/mol. The van der Waals surface area contributed by atoms with Crippen LogP contribution in [0.15, 0.2) is 18.2 Å². The fourth-order valence-electron chi connectivity index (χ4n) is 2.01. The highest BCUT2D eigenvalue weighted by atomic mass is 79.9. The average Bonchev–Trinajstić information content (AvgIpc) is 2.50. The van der Waals surface area contributed by atoms with Crippen molar-refractivity contribution in [2.75, 3.05) is 0 Å². The molecule has 1 heterocycles. The van der Waals surface area contributed by atoms with E-state index in [1.165, 1.54) is 26.2 Å². The summed E-state index contributed by atoms with van der Waals surface area (Å²) in [4.78, 5) is 9.97. The Morgan fingerprint density at radius 2 is 1.95 bits per heavy atom. The molecule has 0 aliphatic carbocycles. The Kier molecular flexibility index (Phi) is 3.89. The van der Waals surface area contributed by atoms with Crippen molar-refractivity contribution in [3.05, 3.63) is 34.1 Å². The SMILES string of the molecule is Cn1c(C(F)(F)F)[n+](C)c2ccc([N+](=O)[O-])cc21.[Br-]. The second kappa shape index (κ2) is 4.80. The minimum atomic E-state index is -4.52. The Morgan fingerprint density at radius 3 is 2.42 bits per heavy atom. The molecular formula is C10H9BrF3N3O2. The summed E-state index contributed by atoms with van der Waals surface area (Å²) in [6.07, 6.45) is -4.52. The van der Waals surface area contributed by atoms with Crippen molar-refractivity contribution in [1.82, 2.24) is 4.57 Å². The van der Waals surface area contributed by atoms with Gasteiger partial charge in [-0.1, -0.05) is 0 Å². The van der Waals surface area contributed by atoms with Crippen LogP contribution in [0.5, 0.6) is 0 Å². The lowest BCUT2D eigenvalue weighted by atomic mass is 10.3. The van der Waals surface area contributed by atoms with Crippen LogP contribution in [0.3, 0.4) is 0 Å². The van der Waals surface area contributed by atoms with E-state index in [1.54, 1.807) is 0 Å². The standard InChI is InChI=1S/C10H9F3N3O2.BrH/c1-14-7-4-3-6(16(17)18)5-8(7)15(2)9(14)10(11,12)13;/h3-5H,1-2H3;1H/q+1;/p-1. The van der Waals surface area contributed by atoms with Gasteiger partial charge in [0.1, 0.15) is 0 Å². The lowest BCUT2D eigenvalue weighted by Gasteiger charge is -2.01. The average molecular weight is 340 g/mol. The molecule has 0 saturated carbocycles. The Balaban J connectivity index is 0.00000180. The molecule has 1 aromatic heterocycles. The van der Waals surface area contributed by atoms with Gasteiger partial charge in [0.25, 0.3) is 5.69 Å². The van der Waals surface area contributed by atoms with E-state index in [0.29, 0.717) is 0 Å². The number of hydrogen-bond donors (Lipinski definition) is 0. The van der Waals surface area contributed by atoms with Gasteiger partial charge in [0.2, 0.25) is 0 Å². The molecule has 1 aromatic carbocycles. The van der Waals surface area contributed by atoms with Crippen molar-refractivity contribution in [2.24, 2.45) is 14.1 Å². The largest absolute Gasteiger partial charge is 1.00 e. The van der Waals surface area contributed by atoms with E-state index < -0.39 is 16.9 Å². The zero-order chi connectivity index (χ0) is 13.7. The number of halogens is 4. The molecule has 0 fully saturated rings. The first kappa shape index (κ1) is 15.4. The van der Waals surface area contributed by atoms with Crippen LogP contribution in [0.1, 0.15) is 5.82 Å². The second-order valence-electron chi connectivity index (χ2n) is 3.87. The number of aryl methyl sites for hydroxylation is 2. The molecule has 0 spiro atoms. The summed E-state index contributed by atoms with van der Waals surface area (Å²) in [7, 11) is 2.51. The van der Waals surface area contributed by atoms with Crippen molar-refractivity contribution in [3.63, 3.8) is 0 Å². The molecule has 0 unspecified atom stereocenters. The minimum Gasteiger partial charge on any atom is -1.00 e. The van der Waals surface area contributed by atoms with Crippen LogP contribution in [0.4, 0.5) is 18.9 Å². The van der Waals surface area contributed by atoms with Crippen molar-refractivity contribution in [3.8, 4) is 0 Å². The first-order chi connectivity index (χ1) is 8.23. The van der Waals surface area contributed by atoms with Crippen LogP contribution in [0.2, 0.25) is 0 Å². The minimum absolute atomic E-state index is 0. The van der Waals surface area contributed by atoms with Crippen LogP contribution >= 0.6 is 0 Å². The molecule has 0 N–H and O–H groups in total. The van der Waals surface area contributed by atoms with Gasteiger partial charge in [-0.2, -0.15) is 13.2 Å². The molecule has 0 radical (unpaired) electrons. The maximum atomic E-state index is 12.8. The van der Waals surface area contributed by atoms with Gasteiger partial charge in [0.15, 0.2) is 11.0 Å². The van der Waals surface area contributed by atoms with Gasteiger partial charge in [-0.25, -0.2) is 9.13 Å². The molecule has 104 valence electrons. The van der Waals surface area contributed by atoms with Crippen molar-refractivity contribution in [1.29, 1.82) is 0 Å². The number of hydrogen-bond acceptors (Lipinski definition) is 2. The van der Waals surface area contributed by atoms with Crippen molar-refractivity contribution in [2.45, 2.75) is 6.18 Å². The van der Waals surface area contributed by atoms with Crippen molar-refractivity contribution >= 4 is 16.7 Å². The van der Waals surface area contributed by atoms with E-state index in [1.807, 2.05) is 0 Å². The highest BCUT2D eigenvalue weighted by Gasteiger charge is 2.45. The second-order valence-corrected chi connectivity index (χ2v) is 3.87. The molecule has 0 saturated heterocycles. The molecule has 2 aromatic rings. The van der Waals surface area contributed by atoms with Gasteiger partial charge in [-0.15, -0.1) is 0 Å². The number of benzene rings is 1. The normalized spacial score (nSPS) is 11.4. The Morgan fingerprint density at radius 1 is 1.37 bits per heavy atom. The molecule has 5 nitrogen and oxygen atoms in total. The van der Waals surface area contributed by atoms with Crippen LogP contribution in [-0.2, 0) is 20.3 Å². The predicted molar refractivity (Wildman–Crippen MR) is 55.8 cm³/mol. The highest BCUT2D eigenvalue weighted by molar-refractivity contribution is 5.75.